The first-order chi connectivity index (χ1) is 8.78. The fraction of sp³-hybridized carbons (Fsp3) is 0.333. The van der Waals surface area contributed by atoms with Crippen molar-refractivity contribution in [1.82, 2.24) is 0 Å². The minimum absolute atomic E-state index is 0.224. The molecular formula is C12H11NO5. The summed E-state index contributed by atoms with van der Waals surface area (Å²) in [5.74, 6) is 1.26. The minimum atomic E-state index is -0.703. The van der Waals surface area contributed by atoms with Gasteiger partial charge in [-0.15, -0.1) is 0 Å². The summed E-state index contributed by atoms with van der Waals surface area (Å²) in [7, 11) is 0. The molecule has 0 aliphatic carbocycles. The number of rotatable bonds is 2. The van der Waals surface area contributed by atoms with Gasteiger partial charge >= 0.3 is 6.09 Å². The van der Waals surface area contributed by atoms with E-state index in [1.54, 1.807) is 18.2 Å². The number of hydrogen-bond donors (Lipinski definition) is 0. The van der Waals surface area contributed by atoms with Gasteiger partial charge < -0.3 is 14.2 Å². The highest BCUT2D eigenvalue weighted by Gasteiger charge is 2.32. The van der Waals surface area contributed by atoms with Gasteiger partial charge in [0.25, 0.3) is 0 Å². The van der Waals surface area contributed by atoms with Crippen molar-refractivity contribution < 1.29 is 23.8 Å². The highest BCUT2D eigenvalue weighted by molar-refractivity contribution is 5.92. The van der Waals surface area contributed by atoms with Crippen LogP contribution in [0, 0.1) is 0 Å². The third-order valence-corrected chi connectivity index (χ3v) is 2.82. The van der Waals surface area contributed by atoms with Gasteiger partial charge in [0.15, 0.2) is 23.9 Å². The average molecular weight is 249 g/mol. The summed E-state index contributed by atoms with van der Waals surface area (Å²) in [6, 6.07) is 5.19. The van der Waals surface area contributed by atoms with Crippen molar-refractivity contribution in [2.45, 2.75) is 6.10 Å². The predicted octanol–water partition coefficient (Wildman–Crippen LogP) is 0.982. The zero-order valence-corrected chi connectivity index (χ0v) is 9.50. The smallest absolute Gasteiger partial charge is 0.415 e. The minimum Gasteiger partial charge on any atom is -0.486 e. The Morgan fingerprint density at radius 2 is 2.00 bits per heavy atom. The number of cyclic esters (lactones) is 1. The Bertz CT molecular complexity index is 501. The van der Waals surface area contributed by atoms with Crippen molar-refractivity contribution in [2.75, 3.05) is 24.7 Å². The van der Waals surface area contributed by atoms with Crippen LogP contribution in [0.1, 0.15) is 0 Å². The summed E-state index contributed by atoms with van der Waals surface area (Å²) in [5, 5.41) is 0. The summed E-state index contributed by atoms with van der Waals surface area (Å²) < 4.78 is 15.7. The molecule has 6 nitrogen and oxygen atoms in total. The van der Waals surface area contributed by atoms with E-state index >= 15 is 0 Å². The van der Waals surface area contributed by atoms with E-state index in [2.05, 4.69) is 0 Å². The molecular weight excluding hydrogens is 238 g/mol. The summed E-state index contributed by atoms with van der Waals surface area (Å²) in [5.41, 5.74) is 0.633. The van der Waals surface area contributed by atoms with Crippen LogP contribution in [-0.4, -0.2) is 38.2 Å². The second kappa shape index (κ2) is 4.21. The maximum absolute atomic E-state index is 11.6. The highest BCUT2D eigenvalue weighted by Crippen LogP contribution is 2.35. The molecule has 0 saturated carbocycles. The molecule has 1 aromatic rings. The van der Waals surface area contributed by atoms with Crippen LogP contribution in [0.25, 0.3) is 0 Å². The third-order valence-electron chi connectivity index (χ3n) is 2.82. The van der Waals surface area contributed by atoms with Gasteiger partial charge in [0, 0.05) is 6.07 Å². The molecule has 1 amide bonds. The number of carbonyl (C=O) groups is 2. The first-order valence-electron chi connectivity index (χ1n) is 5.61. The fourth-order valence-corrected chi connectivity index (χ4v) is 1.97. The van der Waals surface area contributed by atoms with Crippen LogP contribution < -0.4 is 14.4 Å². The maximum atomic E-state index is 11.6. The lowest BCUT2D eigenvalue weighted by Gasteiger charge is -2.20. The Morgan fingerprint density at radius 1 is 1.22 bits per heavy atom. The first kappa shape index (κ1) is 10.9. The number of ether oxygens (including phenoxy) is 3. The molecule has 1 fully saturated rings. The van der Waals surface area contributed by atoms with Crippen LogP contribution >= 0.6 is 0 Å². The second-order valence-corrected chi connectivity index (χ2v) is 4.00. The van der Waals surface area contributed by atoms with E-state index in [9.17, 15) is 9.59 Å². The summed E-state index contributed by atoms with van der Waals surface area (Å²) in [6.45, 7) is 1.23. The van der Waals surface area contributed by atoms with Gasteiger partial charge in [-0.25, -0.2) is 4.79 Å². The highest BCUT2D eigenvalue weighted by atomic mass is 16.6. The van der Waals surface area contributed by atoms with E-state index in [0.717, 1.165) is 0 Å². The number of benzene rings is 1. The van der Waals surface area contributed by atoms with Crippen molar-refractivity contribution >= 4 is 18.1 Å². The maximum Gasteiger partial charge on any atom is 0.415 e. The topological polar surface area (TPSA) is 65.1 Å². The van der Waals surface area contributed by atoms with Gasteiger partial charge in [-0.3, -0.25) is 9.69 Å². The van der Waals surface area contributed by atoms with Crippen molar-refractivity contribution in [2.24, 2.45) is 0 Å². The lowest BCUT2D eigenvalue weighted by molar-refractivity contribution is -0.113. The molecule has 0 radical (unpaired) electrons. The molecule has 1 saturated heterocycles. The molecule has 1 atom stereocenters. The van der Waals surface area contributed by atoms with E-state index in [1.165, 1.54) is 4.90 Å². The fourth-order valence-electron chi connectivity index (χ4n) is 1.97. The first-order valence-corrected chi connectivity index (χ1v) is 5.61. The van der Waals surface area contributed by atoms with E-state index in [4.69, 9.17) is 14.2 Å². The van der Waals surface area contributed by atoms with Crippen LogP contribution in [0.4, 0.5) is 10.5 Å². The summed E-state index contributed by atoms with van der Waals surface area (Å²) in [6.07, 6.45) is -0.606. The molecule has 3 rings (SSSR count). The number of carbonyl (C=O) groups excluding carboxylic acids is 2. The Balaban J connectivity index is 1.88. The number of fused-ring (bicyclic) bond motifs is 1. The zero-order chi connectivity index (χ0) is 12.5. The Morgan fingerprint density at radius 3 is 2.72 bits per heavy atom. The van der Waals surface area contributed by atoms with Crippen molar-refractivity contribution in [3.8, 4) is 11.5 Å². The Hall–Kier alpha value is -2.24. The van der Waals surface area contributed by atoms with Crippen molar-refractivity contribution in [3.63, 3.8) is 0 Å². The van der Waals surface area contributed by atoms with Gasteiger partial charge in [0.05, 0.1) is 12.2 Å². The van der Waals surface area contributed by atoms with Crippen LogP contribution in [-0.2, 0) is 9.53 Å². The van der Waals surface area contributed by atoms with Gasteiger partial charge in [-0.2, -0.15) is 0 Å². The van der Waals surface area contributed by atoms with Crippen LogP contribution in [0.5, 0.6) is 11.5 Å². The normalized spacial score (nSPS) is 21.7. The van der Waals surface area contributed by atoms with E-state index in [-0.39, 0.29) is 6.54 Å². The second-order valence-electron chi connectivity index (χ2n) is 4.00. The molecule has 0 N–H and O–H groups in total. The number of hydrogen-bond acceptors (Lipinski definition) is 5. The van der Waals surface area contributed by atoms with Crippen LogP contribution in [0.15, 0.2) is 18.2 Å². The molecule has 0 aromatic heterocycles. The molecule has 0 spiro atoms. The predicted molar refractivity (Wildman–Crippen MR) is 61.1 cm³/mol. The molecule has 2 aliphatic rings. The third kappa shape index (κ3) is 1.75. The van der Waals surface area contributed by atoms with E-state index in [1.807, 2.05) is 0 Å². The van der Waals surface area contributed by atoms with E-state index in [0.29, 0.717) is 36.7 Å². The molecule has 2 aliphatic heterocycles. The lowest BCUT2D eigenvalue weighted by Crippen LogP contribution is -2.25. The number of amides is 1. The molecule has 0 bridgehead atoms. The monoisotopic (exact) mass is 249 g/mol. The zero-order valence-electron chi connectivity index (χ0n) is 9.50. The van der Waals surface area contributed by atoms with Crippen molar-refractivity contribution in [1.29, 1.82) is 0 Å². The SMILES string of the molecule is O=CC1CN(c2ccc3c(c2)OCCO3)C(=O)O1. The quantitative estimate of drug-likeness (QED) is 0.731. The van der Waals surface area contributed by atoms with Crippen LogP contribution in [0.3, 0.4) is 0 Å². The molecule has 1 unspecified atom stereocenters. The van der Waals surface area contributed by atoms with Gasteiger partial charge in [-0.05, 0) is 12.1 Å². The van der Waals surface area contributed by atoms with Crippen molar-refractivity contribution in [3.05, 3.63) is 18.2 Å². The van der Waals surface area contributed by atoms with Gasteiger partial charge in [0.2, 0.25) is 0 Å². The molecule has 18 heavy (non-hydrogen) atoms. The number of aldehydes is 1. The Kier molecular flexibility index (Phi) is 2.55. The average Bonchev–Trinajstić information content (AvgIpc) is 2.79. The summed E-state index contributed by atoms with van der Waals surface area (Å²) in [4.78, 5) is 23.6. The van der Waals surface area contributed by atoms with Gasteiger partial charge in [0.1, 0.15) is 13.2 Å². The lowest BCUT2D eigenvalue weighted by atomic mass is 10.2. The summed E-state index contributed by atoms with van der Waals surface area (Å²) >= 11 is 0. The van der Waals surface area contributed by atoms with E-state index < -0.39 is 12.2 Å². The van der Waals surface area contributed by atoms with Gasteiger partial charge in [-0.1, -0.05) is 0 Å². The molecule has 2 heterocycles. The number of anilines is 1. The Labute approximate surface area is 103 Å². The largest absolute Gasteiger partial charge is 0.486 e. The number of nitrogens with zero attached hydrogens (tertiary/aromatic N) is 1. The molecule has 6 heteroatoms. The molecule has 94 valence electrons. The standard InChI is InChI=1S/C12H11NO5/c14-7-9-6-13(12(15)18-9)8-1-2-10-11(5-8)17-4-3-16-10/h1-2,5,7,9H,3-4,6H2. The molecule has 1 aromatic carbocycles. The van der Waals surface area contributed by atoms with Crippen LogP contribution in [0.2, 0.25) is 0 Å².